The van der Waals surface area contributed by atoms with Gasteiger partial charge in [0.25, 0.3) is 0 Å². The topological polar surface area (TPSA) is 46.9 Å². The van der Waals surface area contributed by atoms with Crippen molar-refractivity contribution in [3.8, 4) is 0 Å². The number of allylic oxidation sites excluding steroid dienone is 4. The van der Waals surface area contributed by atoms with E-state index in [0.29, 0.717) is 16.3 Å². The maximum atomic E-state index is 12.6. The van der Waals surface area contributed by atoms with Crippen LogP contribution < -0.4 is 15.4 Å². The highest BCUT2D eigenvalue weighted by molar-refractivity contribution is 7.83. The van der Waals surface area contributed by atoms with Crippen LogP contribution >= 0.6 is 11.6 Å². The van der Waals surface area contributed by atoms with Crippen molar-refractivity contribution in [1.82, 2.24) is 14.3 Å². The van der Waals surface area contributed by atoms with Gasteiger partial charge in [-0.05, 0) is 71.4 Å². The van der Waals surface area contributed by atoms with Gasteiger partial charge in [0.05, 0.1) is 15.6 Å². The molecule has 1 aromatic carbocycles. The van der Waals surface area contributed by atoms with Crippen molar-refractivity contribution in [2.75, 3.05) is 0 Å². The average Bonchev–Trinajstić information content (AvgIpc) is 2.87. The maximum Gasteiger partial charge on any atom is 0.150 e. The van der Waals surface area contributed by atoms with Gasteiger partial charge in [-0.3, -0.25) is 0 Å². The number of hydrogen-bond donors (Lipinski definition) is 1. The SMILES string of the molecule is C=C(C)C.C=CC.CCn1c(C)nc2c1=CC=C(NS(=O)c1cccc(Cl)c1C)CC=2. The second-order valence-corrected chi connectivity index (χ2v) is 8.88. The minimum Gasteiger partial charge on any atom is -0.329 e. The molecule has 0 aliphatic heterocycles. The van der Waals surface area contributed by atoms with E-state index in [4.69, 9.17) is 11.6 Å². The molecule has 1 aliphatic carbocycles. The zero-order valence-corrected chi connectivity index (χ0v) is 21.0. The summed E-state index contributed by atoms with van der Waals surface area (Å²) in [7, 11) is -1.35. The summed E-state index contributed by atoms with van der Waals surface area (Å²) in [6.07, 6.45) is 8.49. The Labute approximate surface area is 194 Å². The number of benzene rings is 1. The highest BCUT2D eigenvalue weighted by Gasteiger charge is 2.11. The summed E-state index contributed by atoms with van der Waals surface area (Å²) in [6.45, 7) is 19.6. The van der Waals surface area contributed by atoms with Crippen molar-refractivity contribution in [2.24, 2.45) is 0 Å². The lowest BCUT2D eigenvalue weighted by Gasteiger charge is -2.11. The predicted molar refractivity (Wildman–Crippen MR) is 136 cm³/mol. The summed E-state index contributed by atoms with van der Waals surface area (Å²) in [5.41, 5.74) is 2.90. The second-order valence-electron chi connectivity index (χ2n) is 7.29. The summed E-state index contributed by atoms with van der Waals surface area (Å²) in [4.78, 5) is 5.31. The molecule has 168 valence electrons. The van der Waals surface area contributed by atoms with Gasteiger partial charge < -0.3 is 9.29 Å². The molecule has 31 heavy (non-hydrogen) atoms. The Bertz CT molecular complexity index is 1090. The van der Waals surface area contributed by atoms with Gasteiger partial charge in [0, 0.05) is 23.7 Å². The molecule has 2 aromatic rings. The Balaban J connectivity index is 0.000000604. The van der Waals surface area contributed by atoms with Crippen LogP contribution in [0.15, 0.2) is 59.7 Å². The number of hydrogen-bond acceptors (Lipinski definition) is 2. The summed E-state index contributed by atoms with van der Waals surface area (Å²) >= 11 is 6.12. The minimum atomic E-state index is -1.35. The first kappa shape index (κ1) is 26.7. The molecule has 1 aliphatic rings. The monoisotopic (exact) mass is 459 g/mol. The highest BCUT2D eigenvalue weighted by Crippen LogP contribution is 2.21. The Morgan fingerprint density at radius 1 is 1.32 bits per heavy atom. The molecule has 3 rings (SSSR count). The summed E-state index contributed by atoms with van der Waals surface area (Å²) in [6, 6.07) is 5.45. The molecule has 0 bridgehead atoms. The Morgan fingerprint density at radius 3 is 2.52 bits per heavy atom. The van der Waals surface area contributed by atoms with Gasteiger partial charge in [0.15, 0.2) is 0 Å². The van der Waals surface area contributed by atoms with E-state index >= 15 is 0 Å². The van der Waals surface area contributed by atoms with Crippen LogP contribution in [0, 0.1) is 13.8 Å². The van der Waals surface area contributed by atoms with E-state index in [9.17, 15) is 4.21 Å². The van der Waals surface area contributed by atoms with E-state index in [1.807, 2.05) is 58.9 Å². The molecule has 0 fully saturated rings. The Kier molecular flexibility index (Phi) is 11.3. The number of fused-ring (bicyclic) bond motifs is 1. The largest absolute Gasteiger partial charge is 0.329 e. The third kappa shape index (κ3) is 8.00. The van der Waals surface area contributed by atoms with E-state index in [0.717, 1.165) is 34.3 Å². The number of nitrogens with zero attached hydrogens (tertiary/aromatic N) is 2. The van der Waals surface area contributed by atoms with Crippen molar-refractivity contribution >= 4 is 34.7 Å². The summed E-state index contributed by atoms with van der Waals surface area (Å²) in [5, 5.41) is 2.70. The lowest BCUT2D eigenvalue weighted by Crippen LogP contribution is -2.29. The third-order valence-corrected chi connectivity index (χ3v) is 5.84. The number of aromatic nitrogens is 2. The van der Waals surface area contributed by atoms with Crippen molar-refractivity contribution in [1.29, 1.82) is 0 Å². The first-order valence-electron chi connectivity index (χ1n) is 10.2. The molecule has 4 nitrogen and oxygen atoms in total. The Hall–Kier alpha value is -2.37. The van der Waals surface area contributed by atoms with Gasteiger partial charge in [0.1, 0.15) is 16.8 Å². The van der Waals surface area contributed by atoms with Gasteiger partial charge in [0.2, 0.25) is 0 Å². The van der Waals surface area contributed by atoms with E-state index < -0.39 is 11.0 Å². The van der Waals surface area contributed by atoms with E-state index in [1.54, 1.807) is 12.1 Å². The van der Waals surface area contributed by atoms with Gasteiger partial charge in [-0.2, -0.15) is 0 Å². The second kappa shape index (κ2) is 13.1. The van der Waals surface area contributed by atoms with Gasteiger partial charge in [-0.15, -0.1) is 13.2 Å². The van der Waals surface area contributed by atoms with Crippen LogP contribution in [0.2, 0.25) is 5.02 Å². The average molecular weight is 460 g/mol. The molecule has 6 heteroatoms. The molecule has 0 saturated carbocycles. The van der Waals surface area contributed by atoms with E-state index in [-0.39, 0.29) is 0 Å². The third-order valence-electron chi connectivity index (χ3n) is 4.14. The number of imidazole rings is 1. The molecule has 0 amide bonds. The normalized spacial score (nSPS) is 12.7. The lowest BCUT2D eigenvalue weighted by atomic mass is 10.2. The lowest BCUT2D eigenvalue weighted by molar-refractivity contribution is 0.677. The van der Waals surface area contributed by atoms with Crippen molar-refractivity contribution in [2.45, 2.75) is 59.4 Å². The van der Waals surface area contributed by atoms with Crippen molar-refractivity contribution < 1.29 is 4.21 Å². The minimum absolute atomic E-state index is 0.625. The molecule has 0 saturated heterocycles. The van der Waals surface area contributed by atoms with Gasteiger partial charge in [-0.25, -0.2) is 9.19 Å². The van der Waals surface area contributed by atoms with Crippen LogP contribution in [0.25, 0.3) is 12.2 Å². The zero-order chi connectivity index (χ0) is 23.6. The number of aryl methyl sites for hydroxylation is 1. The van der Waals surface area contributed by atoms with E-state index in [1.165, 1.54) is 5.57 Å². The van der Waals surface area contributed by atoms with Crippen LogP contribution in [0.1, 0.15) is 45.5 Å². The number of rotatable bonds is 4. The smallest absolute Gasteiger partial charge is 0.150 e. The standard InChI is InChI=1S/C18H20ClN3OS.C4H8.C3H6/c1-4-22-13(3)20-16-10-8-14(9-11-17(16)22)21-24(23)18-7-5-6-15(19)12(18)2;1-4(2)3;1-3-2/h5-7,9-11,21H,4,8H2,1-3H3;1H2,2-3H3;3H,1H2,2H3. The molecule has 1 N–H and O–H groups in total. The fourth-order valence-corrected chi connectivity index (χ4v) is 4.14. The molecule has 1 atom stereocenters. The van der Waals surface area contributed by atoms with Crippen LogP contribution in [0.3, 0.4) is 0 Å². The summed E-state index contributed by atoms with van der Waals surface area (Å²) in [5.74, 6) is 1.01. The van der Waals surface area contributed by atoms with Crippen LogP contribution in [-0.4, -0.2) is 13.8 Å². The molecule has 1 unspecified atom stereocenters. The Morgan fingerprint density at radius 2 is 1.94 bits per heavy atom. The van der Waals surface area contributed by atoms with Crippen LogP contribution in [0.5, 0.6) is 0 Å². The van der Waals surface area contributed by atoms with Crippen molar-refractivity contribution in [3.63, 3.8) is 0 Å². The first-order valence-corrected chi connectivity index (χ1v) is 11.8. The van der Waals surface area contributed by atoms with Crippen LogP contribution in [0.4, 0.5) is 0 Å². The molecule has 1 heterocycles. The van der Waals surface area contributed by atoms with Gasteiger partial charge in [-0.1, -0.05) is 35.4 Å². The van der Waals surface area contributed by atoms with Gasteiger partial charge >= 0.3 is 0 Å². The van der Waals surface area contributed by atoms with E-state index in [2.05, 4.69) is 40.4 Å². The highest BCUT2D eigenvalue weighted by atomic mass is 35.5. The maximum absolute atomic E-state index is 12.6. The fraction of sp³-hybridized carbons (Fsp3) is 0.320. The summed E-state index contributed by atoms with van der Waals surface area (Å²) < 4.78 is 17.9. The fourth-order valence-electron chi connectivity index (χ4n) is 2.82. The molecular formula is C25H34ClN3OS. The predicted octanol–water partition coefficient (Wildman–Crippen LogP) is 5.11. The van der Waals surface area contributed by atoms with Crippen molar-refractivity contribution in [3.05, 3.63) is 81.9 Å². The molecular weight excluding hydrogens is 426 g/mol. The number of halogens is 1. The van der Waals surface area contributed by atoms with Crippen LogP contribution in [-0.2, 0) is 17.5 Å². The first-order chi connectivity index (χ1) is 14.7. The number of nitrogens with one attached hydrogen (secondary N) is 1. The molecule has 0 radical (unpaired) electrons. The molecule has 0 spiro atoms. The quantitative estimate of drug-likeness (QED) is 0.646. The molecule has 1 aromatic heterocycles. The zero-order valence-electron chi connectivity index (χ0n) is 19.5.